The fourth-order valence-corrected chi connectivity index (χ4v) is 3.70. The van der Waals surface area contributed by atoms with Crippen molar-refractivity contribution in [1.29, 1.82) is 0 Å². The van der Waals surface area contributed by atoms with Gasteiger partial charge in [0.2, 0.25) is 5.91 Å². The van der Waals surface area contributed by atoms with E-state index in [0.29, 0.717) is 37.9 Å². The number of phenolic OH excluding ortho intramolecular Hbond substituents is 1. The zero-order valence-corrected chi connectivity index (χ0v) is 15.4. The molecule has 3 rings (SSSR count). The minimum absolute atomic E-state index is 0.0103. The molecule has 0 aromatic heterocycles. The zero-order valence-electron chi connectivity index (χ0n) is 15.4. The van der Waals surface area contributed by atoms with Gasteiger partial charge in [-0.15, -0.1) is 0 Å². The molecular formula is C22H26N2O3. The lowest BCUT2D eigenvalue weighted by Crippen LogP contribution is -2.40. The van der Waals surface area contributed by atoms with Crippen molar-refractivity contribution in [2.75, 3.05) is 13.1 Å². The maximum Gasteiger partial charge on any atom is 0.257 e. The second kappa shape index (κ2) is 8.71. The number of hydrogen-bond acceptors (Lipinski definition) is 3. The van der Waals surface area contributed by atoms with Crippen LogP contribution in [0.15, 0.2) is 48.5 Å². The third kappa shape index (κ3) is 5.09. The number of primary amides is 1. The molecule has 0 radical (unpaired) electrons. The van der Waals surface area contributed by atoms with Crippen LogP contribution in [0.2, 0.25) is 0 Å². The van der Waals surface area contributed by atoms with Crippen LogP contribution in [-0.2, 0) is 11.2 Å². The van der Waals surface area contributed by atoms with E-state index < -0.39 is 0 Å². The number of aromatic hydroxyl groups is 1. The lowest BCUT2D eigenvalue weighted by molar-refractivity contribution is -0.118. The highest BCUT2D eigenvalue weighted by Crippen LogP contribution is 2.26. The van der Waals surface area contributed by atoms with E-state index in [1.54, 1.807) is 17.0 Å². The Hall–Kier alpha value is -2.82. The summed E-state index contributed by atoms with van der Waals surface area (Å²) in [6, 6.07) is 15.3. The van der Waals surface area contributed by atoms with Gasteiger partial charge >= 0.3 is 0 Å². The maximum absolute atomic E-state index is 13.0. The average Bonchev–Trinajstić information content (AvgIpc) is 2.68. The van der Waals surface area contributed by atoms with Crippen LogP contribution in [0.3, 0.4) is 0 Å². The molecule has 2 aromatic rings. The lowest BCUT2D eigenvalue weighted by Gasteiger charge is -2.33. The molecule has 0 saturated carbocycles. The summed E-state index contributed by atoms with van der Waals surface area (Å²) >= 11 is 0. The number of piperidine rings is 1. The van der Waals surface area contributed by atoms with E-state index in [9.17, 15) is 14.7 Å². The van der Waals surface area contributed by atoms with Crippen LogP contribution >= 0.6 is 0 Å². The maximum atomic E-state index is 13.0. The van der Waals surface area contributed by atoms with Crippen molar-refractivity contribution < 1.29 is 14.7 Å². The fraction of sp³-hybridized carbons (Fsp3) is 0.364. The van der Waals surface area contributed by atoms with Crippen molar-refractivity contribution >= 4 is 11.8 Å². The molecule has 27 heavy (non-hydrogen) atoms. The summed E-state index contributed by atoms with van der Waals surface area (Å²) < 4.78 is 0. The van der Waals surface area contributed by atoms with Crippen molar-refractivity contribution in [2.45, 2.75) is 32.1 Å². The standard InChI is InChI=1S/C22H26N2O3/c23-21(26)11-9-17-7-4-12-24(15-17)22(27)19-14-18(8-10-20(19)25)13-16-5-2-1-3-6-16/h1-3,5-6,8,10,14,17,25H,4,7,9,11-13,15H2,(H2,23,26). The predicted molar refractivity (Wildman–Crippen MR) is 104 cm³/mol. The molecule has 1 unspecified atom stereocenters. The second-order valence-corrected chi connectivity index (χ2v) is 7.28. The number of rotatable bonds is 6. The highest BCUT2D eigenvalue weighted by molar-refractivity contribution is 5.97. The minimum atomic E-state index is -0.301. The number of nitrogens with two attached hydrogens (primary N) is 1. The number of nitrogens with zero attached hydrogens (tertiary/aromatic N) is 1. The molecule has 1 saturated heterocycles. The number of hydrogen-bond donors (Lipinski definition) is 2. The summed E-state index contributed by atoms with van der Waals surface area (Å²) in [4.78, 5) is 25.8. The van der Waals surface area contributed by atoms with Gasteiger partial charge in [0, 0.05) is 19.5 Å². The lowest BCUT2D eigenvalue weighted by atomic mass is 9.92. The Morgan fingerprint density at radius 1 is 1.11 bits per heavy atom. The molecule has 1 aliphatic rings. The Balaban J connectivity index is 1.71. The van der Waals surface area contributed by atoms with Crippen LogP contribution in [0.1, 0.15) is 47.2 Å². The third-order valence-electron chi connectivity index (χ3n) is 5.15. The van der Waals surface area contributed by atoms with Gasteiger partial charge in [0.25, 0.3) is 5.91 Å². The van der Waals surface area contributed by atoms with Crippen molar-refractivity contribution in [3.8, 4) is 5.75 Å². The van der Waals surface area contributed by atoms with E-state index in [-0.39, 0.29) is 23.5 Å². The van der Waals surface area contributed by atoms with E-state index in [0.717, 1.165) is 24.0 Å². The summed E-state index contributed by atoms with van der Waals surface area (Å²) in [7, 11) is 0. The molecule has 2 aromatic carbocycles. The van der Waals surface area contributed by atoms with Gasteiger partial charge in [-0.05, 0) is 54.9 Å². The van der Waals surface area contributed by atoms with Crippen LogP contribution in [-0.4, -0.2) is 34.9 Å². The van der Waals surface area contributed by atoms with Gasteiger partial charge in [0.1, 0.15) is 5.75 Å². The molecule has 1 heterocycles. The summed E-state index contributed by atoms with van der Waals surface area (Å²) in [5, 5.41) is 10.2. The molecule has 3 N–H and O–H groups in total. The summed E-state index contributed by atoms with van der Waals surface area (Å²) in [5.41, 5.74) is 7.74. The topological polar surface area (TPSA) is 83.6 Å². The summed E-state index contributed by atoms with van der Waals surface area (Å²) in [6.45, 7) is 1.28. The van der Waals surface area contributed by atoms with Gasteiger partial charge in [-0.3, -0.25) is 9.59 Å². The van der Waals surface area contributed by atoms with Crippen molar-refractivity contribution in [3.05, 3.63) is 65.2 Å². The minimum Gasteiger partial charge on any atom is -0.507 e. The molecule has 1 fully saturated rings. The van der Waals surface area contributed by atoms with Crippen LogP contribution in [0, 0.1) is 5.92 Å². The Kier molecular flexibility index (Phi) is 6.12. The molecule has 0 aliphatic carbocycles. The van der Waals surface area contributed by atoms with Crippen LogP contribution < -0.4 is 5.73 Å². The second-order valence-electron chi connectivity index (χ2n) is 7.28. The highest BCUT2D eigenvalue weighted by Gasteiger charge is 2.26. The number of carbonyl (C=O) groups is 2. The average molecular weight is 366 g/mol. The largest absolute Gasteiger partial charge is 0.507 e. The van der Waals surface area contributed by atoms with Gasteiger partial charge in [-0.2, -0.15) is 0 Å². The SMILES string of the molecule is NC(=O)CCC1CCCN(C(=O)c2cc(Cc3ccccc3)ccc2O)C1. The van der Waals surface area contributed by atoms with Crippen LogP contribution in [0.4, 0.5) is 0 Å². The van der Waals surface area contributed by atoms with Gasteiger partial charge in [-0.25, -0.2) is 0 Å². The number of likely N-dealkylation sites (tertiary alicyclic amines) is 1. The Morgan fingerprint density at radius 3 is 2.63 bits per heavy atom. The smallest absolute Gasteiger partial charge is 0.257 e. The molecular weight excluding hydrogens is 340 g/mol. The highest BCUT2D eigenvalue weighted by atomic mass is 16.3. The van der Waals surface area contributed by atoms with Gasteiger partial charge in [0.15, 0.2) is 0 Å². The molecule has 1 aliphatic heterocycles. The molecule has 0 spiro atoms. The van der Waals surface area contributed by atoms with E-state index >= 15 is 0 Å². The molecule has 5 heteroatoms. The van der Waals surface area contributed by atoms with Gasteiger partial charge in [-0.1, -0.05) is 36.4 Å². The number of benzene rings is 2. The number of amides is 2. The summed E-state index contributed by atoms with van der Waals surface area (Å²) in [6.07, 6.45) is 3.67. The van der Waals surface area contributed by atoms with E-state index in [1.165, 1.54) is 0 Å². The first-order valence-corrected chi connectivity index (χ1v) is 9.46. The normalized spacial score (nSPS) is 16.9. The van der Waals surface area contributed by atoms with Crippen molar-refractivity contribution in [2.24, 2.45) is 11.7 Å². The fourth-order valence-electron chi connectivity index (χ4n) is 3.70. The Morgan fingerprint density at radius 2 is 1.89 bits per heavy atom. The first-order chi connectivity index (χ1) is 13.0. The third-order valence-corrected chi connectivity index (χ3v) is 5.15. The van der Waals surface area contributed by atoms with Gasteiger partial charge in [0.05, 0.1) is 5.56 Å². The van der Waals surface area contributed by atoms with E-state index in [4.69, 9.17) is 5.73 Å². The predicted octanol–water partition coefficient (Wildman–Crippen LogP) is 3.10. The quantitative estimate of drug-likeness (QED) is 0.824. The first-order valence-electron chi connectivity index (χ1n) is 9.46. The zero-order chi connectivity index (χ0) is 19.2. The molecule has 2 amide bonds. The molecule has 5 nitrogen and oxygen atoms in total. The number of phenols is 1. The van der Waals surface area contributed by atoms with Gasteiger partial charge < -0.3 is 15.7 Å². The molecule has 142 valence electrons. The van der Waals surface area contributed by atoms with Crippen LogP contribution in [0.5, 0.6) is 5.75 Å². The molecule has 0 bridgehead atoms. The number of carbonyl (C=O) groups excluding carboxylic acids is 2. The Labute approximate surface area is 159 Å². The summed E-state index contributed by atoms with van der Waals surface area (Å²) in [5.74, 6) is -0.156. The van der Waals surface area contributed by atoms with E-state index in [2.05, 4.69) is 0 Å². The van der Waals surface area contributed by atoms with Crippen molar-refractivity contribution in [1.82, 2.24) is 4.90 Å². The monoisotopic (exact) mass is 366 g/mol. The Bertz CT molecular complexity index is 804. The molecule has 1 atom stereocenters. The van der Waals surface area contributed by atoms with E-state index in [1.807, 2.05) is 36.4 Å². The van der Waals surface area contributed by atoms with Crippen molar-refractivity contribution in [3.63, 3.8) is 0 Å². The van der Waals surface area contributed by atoms with Crippen LogP contribution in [0.25, 0.3) is 0 Å². The first kappa shape index (κ1) is 19.0.